The van der Waals surface area contributed by atoms with Gasteiger partial charge in [0.2, 0.25) is 5.91 Å². The van der Waals surface area contributed by atoms with Gasteiger partial charge in [-0.05, 0) is 54.7 Å². The molecule has 1 aliphatic rings. The SMILES string of the molecule is C=CC[C@@]1(c2ccc(F)cc2)CCN([C@@H](CC)c2ccc(Br)cc2)C(=O)C1. The van der Waals surface area contributed by atoms with Gasteiger partial charge in [0.1, 0.15) is 5.82 Å². The van der Waals surface area contributed by atoms with Crippen LogP contribution in [0.4, 0.5) is 4.39 Å². The molecule has 2 nitrogen and oxygen atoms in total. The van der Waals surface area contributed by atoms with Crippen molar-refractivity contribution >= 4 is 21.8 Å². The third-order valence-corrected chi connectivity index (χ3v) is 6.18. The summed E-state index contributed by atoms with van der Waals surface area (Å²) in [6, 6.07) is 14.9. The summed E-state index contributed by atoms with van der Waals surface area (Å²) in [5.74, 6) is -0.0975. The number of piperidine rings is 1. The fraction of sp³-hybridized carbons (Fsp3) is 0.348. The van der Waals surface area contributed by atoms with Gasteiger partial charge in [-0.15, -0.1) is 6.58 Å². The van der Waals surface area contributed by atoms with E-state index in [1.54, 1.807) is 0 Å². The molecule has 0 radical (unpaired) electrons. The van der Waals surface area contributed by atoms with Crippen molar-refractivity contribution in [2.24, 2.45) is 0 Å². The Hall–Kier alpha value is -1.94. The highest BCUT2D eigenvalue weighted by Gasteiger charge is 2.41. The van der Waals surface area contributed by atoms with E-state index in [0.717, 1.165) is 28.4 Å². The highest BCUT2D eigenvalue weighted by molar-refractivity contribution is 9.10. The number of halogens is 2. The summed E-state index contributed by atoms with van der Waals surface area (Å²) >= 11 is 3.47. The molecule has 1 fully saturated rings. The number of carbonyl (C=O) groups is 1. The minimum atomic E-state index is -0.291. The number of benzene rings is 2. The summed E-state index contributed by atoms with van der Waals surface area (Å²) in [5.41, 5.74) is 1.89. The molecule has 1 saturated heterocycles. The second-order valence-corrected chi connectivity index (χ2v) is 8.19. The van der Waals surface area contributed by atoms with Gasteiger partial charge in [-0.3, -0.25) is 4.79 Å². The summed E-state index contributed by atoms with van der Waals surface area (Å²) in [7, 11) is 0. The van der Waals surface area contributed by atoms with Gasteiger partial charge in [-0.25, -0.2) is 4.39 Å². The van der Waals surface area contributed by atoms with E-state index in [1.165, 1.54) is 12.1 Å². The molecule has 1 heterocycles. The Balaban J connectivity index is 1.86. The second kappa shape index (κ2) is 8.39. The lowest BCUT2D eigenvalue weighted by atomic mass is 9.70. The monoisotopic (exact) mass is 429 g/mol. The lowest BCUT2D eigenvalue weighted by molar-refractivity contribution is -0.138. The average Bonchev–Trinajstić information content (AvgIpc) is 2.66. The van der Waals surface area contributed by atoms with E-state index in [0.29, 0.717) is 19.4 Å². The first kappa shape index (κ1) is 19.8. The van der Waals surface area contributed by atoms with Crippen LogP contribution in [0.25, 0.3) is 0 Å². The Morgan fingerprint density at radius 2 is 1.89 bits per heavy atom. The van der Waals surface area contributed by atoms with Crippen molar-refractivity contribution in [3.63, 3.8) is 0 Å². The van der Waals surface area contributed by atoms with Crippen molar-refractivity contribution in [2.45, 2.75) is 44.1 Å². The Morgan fingerprint density at radius 3 is 2.44 bits per heavy atom. The molecule has 0 spiro atoms. The van der Waals surface area contributed by atoms with Crippen molar-refractivity contribution in [1.29, 1.82) is 0 Å². The molecule has 27 heavy (non-hydrogen) atoms. The molecule has 2 aromatic rings. The van der Waals surface area contributed by atoms with Crippen LogP contribution in [0.15, 0.2) is 65.7 Å². The molecule has 1 aliphatic heterocycles. The second-order valence-electron chi connectivity index (χ2n) is 7.27. The quantitative estimate of drug-likeness (QED) is 0.502. The third kappa shape index (κ3) is 4.16. The standard InChI is InChI=1S/C23H25BrFNO/c1-3-13-23(18-7-11-20(25)12-8-18)14-15-26(22(27)16-23)21(4-2)17-5-9-19(24)10-6-17/h3,5-12,21H,1,4,13-16H2,2H3/t21-,23+/m0/s1. The van der Waals surface area contributed by atoms with Crippen LogP contribution in [0.3, 0.4) is 0 Å². The molecule has 2 atom stereocenters. The normalized spacial score (nSPS) is 21.1. The van der Waals surface area contributed by atoms with Crippen LogP contribution in [-0.2, 0) is 10.2 Å². The zero-order valence-electron chi connectivity index (χ0n) is 15.6. The van der Waals surface area contributed by atoms with Crippen LogP contribution in [0.2, 0.25) is 0 Å². The maximum Gasteiger partial charge on any atom is 0.223 e. The van der Waals surface area contributed by atoms with E-state index >= 15 is 0 Å². The Labute approximate surface area is 169 Å². The largest absolute Gasteiger partial charge is 0.336 e. The summed E-state index contributed by atoms with van der Waals surface area (Å²) in [5, 5.41) is 0. The number of nitrogens with zero attached hydrogens (tertiary/aromatic N) is 1. The molecule has 0 unspecified atom stereocenters. The summed E-state index contributed by atoms with van der Waals surface area (Å²) < 4.78 is 14.4. The van der Waals surface area contributed by atoms with E-state index in [4.69, 9.17) is 0 Å². The van der Waals surface area contributed by atoms with Gasteiger partial charge >= 0.3 is 0 Å². The van der Waals surface area contributed by atoms with Gasteiger partial charge in [0.25, 0.3) is 0 Å². The van der Waals surface area contributed by atoms with Gasteiger partial charge in [-0.1, -0.05) is 53.2 Å². The first-order chi connectivity index (χ1) is 13.0. The fourth-order valence-corrected chi connectivity index (χ4v) is 4.47. The smallest absolute Gasteiger partial charge is 0.223 e. The van der Waals surface area contributed by atoms with Crippen molar-refractivity contribution < 1.29 is 9.18 Å². The highest BCUT2D eigenvalue weighted by Crippen LogP contribution is 2.42. The van der Waals surface area contributed by atoms with Crippen LogP contribution < -0.4 is 0 Å². The number of rotatable bonds is 6. The van der Waals surface area contributed by atoms with Crippen molar-refractivity contribution in [2.75, 3.05) is 6.54 Å². The predicted octanol–water partition coefficient (Wildman–Crippen LogP) is 6.18. The maximum absolute atomic E-state index is 13.4. The van der Waals surface area contributed by atoms with Gasteiger partial charge in [0.05, 0.1) is 6.04 Å². The number of likely N-dealkylation sites (tertiary alicyclic amines) is 1. The van der Waals surface area contributed by atoms with Crippen LogP contribution in [0.5, 0.6) is 0 Å². The van der Waals surface area contributed by atoms with E-state index in [1.807, 2.05) is 35.2 Å². The topological polar surface area (TPSA) is 20.3 Å². The van der Waals surface area contributed by atoms with Gasteiger partial charge in [-0.2, -0.15) is 0 Å². The molecule has 2 aromatic carbocycles. The Bertz CT molecular complexity index is 802. The van der Waals surface area contributed by atoms with Crippen LogP contribution in [0, 0.1) is 5.82 Å². The van der Waals surface area contributed by atoms with Crippen molar-refractivity contribution in [3.8, 4) is 0 Å². The average molecular weight is 430 g/mol. The lowest BCUT2D eigenvalue weighted by Gasteiger charge is -2.44. The number of allylic oxidation sites excluding steroid dienone is 1. The van der Waals surface area contributed by atoms with Crippen molar-refractivity contribution in [3.05, 3.63) is 82.6 Å². The van der Waals surface area contributed by atoms with Crippen LogP contribution in [-0.4, -0.2) is 17.4 Å². The molecule has 3 rings (SSSR count). The molecular formula is C23H25BrFNO. The number of hydrogen-bond acceptors (Lipinski definition) is 1. The van der Waals surface area contributed by atoms with Crippen LogP contribution in [0.1, 0.15) is 49.8 Å². The zero-order valence-corrected chi connectivity index (χ0v) is 17.2. The van der Waals surface area contributed by atoms with Gasteiger partial charge in [0.15, 0.2) is 0 Å². The van der Waals surface area contributed by atoms with Gasteiger partial charge in [0, 0.05) is 22.9 Å². The Morgan fingerprint density at radius 1 is 1.22 bits per heavy atom. The minimum absolute atomic E-state index is 0.0838. The van der Waals surface area contributed by atoms with E-state index in [-0.39, 0.29) is 23.2 Å². The molecule has 0 N–H and O–H groups in total. The van der Waals surface area contributed by atoms with E-state index < -0.39 is 0 Å². The van der Waals surface area contributed by atoms with Crippen LogP contribution >= 0.6 is 15.9 Å². The zero-order chi connectivity index (χ0) is 19.4. The molecule has 142 valence electrons. The first-order valence-corrected chi connectivity index (χ1v) is 10.2. The van der Waals surface area contributed by atoms with Crippen molar-refractivity contribution in [1.82, 2.24) is 4.90 Å². The van der Waals surface area contributed by atoms with E-state index in [2.05, 4.69) is 41.6 Å². The molecule has 1 amide bonds. The minimum Gasteiger partial charge on any atom is -0.336 e. The number of amides is 1. The number of hydrogen-bond donors (Lipinski definition) is 0. The fourth-order valence-electron chi connectivity index (χ4n) is 4.21. The highest BCUT2D eigenvalue weighted by atomic mass is 79.9. The molecule has 0 aromatic heterocycles. The molecular weight excluding hydrogens is 405 g/mol. The lowest BCUT2D eigenvalue weighted by Crippen LogP contribution is -2.47. The maximum atomic E-state index is 13.4. The first-order valence-electron chi connectivity index (χ1n) is 9.41. The van der Waals surface area contributed by atoms with E-state index in [9.17, 15) is 9.18 Å². The molecule has 0 bridgehead atoms. The Kier molecular flexibility index (Phi) is 6.15. The molecule has 0 aliphatic carbocycles. The summed E-state index contributed by atoms with van der Waals surface area (Å²) in [4.78, 5) is 15.2. The molecule has 4 heteroatoms. The molecule has 0 saturated carbocycles. The third-order valence-electron chi connectivity index (χ3n) is 5.65. The summed E-state index contributed by atoms with van der Waals surface area (Å²) in [6.45, 7) is 6.70. The predicted molar refractivity (Wildman–Crippen MR) is 111 cm³/mol. The van der Waals surface area contributed by atoms with Gasteiger partial charge < -0.3 is 4.90 Å². The number of carbonyl (C=O) groups excluding carboxylic acids is 1. The summed E-state index contributed by atoms with van der Waals surface area (Å²) in [6.07, 6.45) is 4.74.